The Bertz CT molecular complexity index is 1030. The first-order chi connectivity index (χ1) is 18.8. The van der Waals surface area contributed by atoms with E-state index >= 15 is 0 Å². The van der Waals surface area contributed by atoms with Crippen LogP contribution in [0.4, 0.5) is 9.18 Å². The number of nitrogens with zero attached hydrogens (tertiary/aromatic N) is 2. The molecule has 2 atom stereocenters. The van der Waals surface area contributed by atoms with Gasteiger partial charge in [-0.25, -0.2) is 9.18 Å². The van der Waals surface area contributed by atoms with E-state index in [1.807, 2.05) is 30.3 Å². The molecule has 1 aromatic rings. The fraction of sp³-hybridized carbons (Fsp3) is 0.593. The summed E-state index contributed by atoms with van der Waals surface area (Å²) in [6, 6.07) is 7.35. The third kappa shape index (κ3) is 8.39. The SMILES string of the molecule is NC(N)=NCCC[C@H](NC(=O)[C@@H]1CCCN1C(=O)C1(NC(=O)OCc2ccccc2)CCCCC1)C(=O)CF. The van der Waals surface area contributed by atoms with Gasteiger partial charge in [-0.15, -0.1) is 0 Å². The van der Waals surface area contributed by atoms with Crippen molar-refractivity contribution in [2.45, 2.75) is 82.0 Å². The molecular weight excluding hydrogens is 507 g/mol. The molecule has 3 rings (SSSR count). The number of rotatable bonds is 12. The van der Waals surface area contributed by atoms with Crippen LogP contribution in [0.25, 0.3) is 0 Å². The van der Waals surface area contributed by atoms with Gasteiger partial charge in [0.2, 0.25) is 11.8 Å². The molecule has 11 nitrogen and oxygen atoms in total. The largest absolute Gasteiger partial charge is 0.445 e. The van der Waals surface area contributed by atoms with Crippen molar-refractivity contribution in [3.8, 4) is 0 Å². The molecule has 2 aliphatic rings. The third-order valence-corrected chi connectivity index (χ3v) is 7.27. The highest BCUT2D eigenvalue weighted by Gasteiger charge is 2.48. The summed E-state index contributed by atoms with van der Waals surface area (Å²) in [5.74, 6) is -1.71. The number of nitrogens with two attached hydrogens (primary N) is 2. The number of ketones is 1. The topological polar surface area (TPSA) is 169 Å². The monoisotopic (exact) mass is 546 g/mol. The molecule has 1 heterocycles. The maximum absolute atomic E-state index is 13.9. The Labute approximate surface area is 227 Å². The molecule has 214 valence electrons. The van der Waals surface area contributed by atoms with Crippen LogP contribution in [0.3, 0.4) is 0 Å². The highest BCUT2D eigenvalue weighted by molar-refractivity contribution is 5.96. The predicted octanol–water partition coefficient (Wildman–Crippen LogP) is 1.68. The summed E-state index contributed by atoms with van der Waals surface area (Å²) in [5.41, 5.74) is 10.3. The Balaban J connectivity index is 1.67. The second kappa shape index (κ2) is 14.5. The molecule has 0 radical (unpaired) electrons. The highest BCUT2D eigenvalue weighted by atomic mass is 19.1. The zero-order valence-corrected chi connectivity index (χ0v) is 22.2. The fourth-order valence-corrected chi connectivity index (χ4v) is 5.24. The average molecular weight is 547 g/mol. The van der Waals surface area contributed by atoms with Gasteiger partial charge in [0.1, 0.15) is 24.9 Å². The minimum atomic E-state index is -1.22. The van der Waals surface area contributed by atoms with Crippen LogP contribution in [0, 0.1) is 0 Å². The van der Waals surface area contributed by atoms with Gasteiger partial charge in [-0.3, -0.25) is 19.4 Å². The van der Waals surface area contributed by atoms with E-state index in [1.165, 1.54) is 4.90 Å². The predicted molar refractivity (Wildman–Crippen MR) is 143 cm³/mol. The van der Waals surface area contributed by atoms with E-state index in [1.54, 1.807) is 0 Å². The van der Waals surface area contributed by atoms with Crippen molar-refractivity contribution in [1.82, 2.24) is 15.5 Å². The Kier molecular flexibility index (Phi) is 11.1. The molecule has 6 N–H and O–H groups in total. The lowest BCUT2D eigenvalue weighted by atomic mass is 9.80. The van der Waals surface area contributed by atoms with Crippen LogP contribution in [0.2, 0.25) is 0 Å². The second-order valence-corrected chi connectivity index (χ2v) is 10.1. The summed E-state index contributed by atoms with van der Waals surface area (Å²) in [7, 11) is 0. The lowest BCUT2D eigenvalue weighted by molar-refractivity contribution is -0.145. The molecule has 12 heteroatoms. The molecule has 1 saturated heterocycles. The Morgan fingerprint density at radius 1 is 1.10 bits per heavy atom. The smallest absolute Gasteiger partial charge is 0.408 e. The van der Waals surface area contributed by atoms with Crippen LogP contribution in [0.5, 0.6) is 0 Å². The number of alkyl halides is 1. The number of hydrogen-bond donors (Lipinski definition) is 4. The van der Waals surface area contributed by atoms with Crippen molar-refractivity contribution in [2.75, 3.05) is 19.8 Å². The molecular formula is C27H39FN6O5. The van der Waals surface area contributed by atoms with Crippen LogP contribution in [0.1, 0.15) is 63.4 Å². The van der Waals surface area contributed by atoms with E-state index < -0.39 is 42.1 Å². The molecule has 1 aliphatic heterocycles. The summed E-state index contributed by atoms with van der Waals surface area (Å²) in [4.78, 5) is 57.4. The van der Waals surface area contributed by atoms with Crippen molar-refractivity contribution < 1.29 is 28.3 Å². The van der Waals surface area contributed by atoms with Crippen molar-refractivity contribution in [3.05, 3.63) is 35.9 Å². The van der Waals surface area contributed by atoms with E-state index in [0.29, 0.717) is 38.6 Å². The van der Waals surface area contributed by atoms with E-state index in [9.17, 15) is 23.6 Å². The molecule has 1 aromatic carbocycles. The van der Waals surface area contributed by atoms with Crippen molar-refractivity contribution in [1.29, 1.82) is 0 Å². The van der Waals surface area contributed by atoms with Gasteiger partial charge in [0, 0.05) is 13.1 Å². The van der Waals surface area contributed by atoms with Gasteiger partial charge < -0.3 is 31.7 Å². The number of hydrogen-bond acceptors (Lipinski definition) is 6. The molecule has 2 fully saturated rings. The van der Waals surface area contributed by atoms with Crippen LogP contribution in [-0.4, -0.2) is 71.9 Å². The number of benzene rings is 1. The number of likely N-dealkylation sites (tertiary alicyclic amines) is 1. The third-order valence-electron chi connectivity index (χ3n) is 7.27. The zero-order valence-electron chi connectivity index (χ0n) is 22.2. The van der Waals surface area contributed by atoms with Gasteiger partial charge in [0.25, 0.3) is 0 Å². The fourth-order valence-electron chi connectivity index (χ4n) is 5.24. The van der Waals surface area contributed by atoms with Crippen LogP contribution in [0.15, 0.2) is 35.3 Å². The first-order valence-corrected chi connectivity index (χ1v) is 13.5. The number of carbonyl (C=O) groups is 4. The standard InChI is InChI=1S/C27H39FN6O5/c28-17-22(35)20(11-7-15-31-25(29)30)32-23(36)21-12-8-16-34(21)24(37)27(13-5-2-6-14-27)33-26(38)39-18-19-9-3-1-4-10-19/h1,3-4,9-10,20-21H,2,5-8,11-18H2,(H,32,36)(H,33,38)(H4,29,30,31)/t20-,21-/m0/s1. The quantitative estimate of drug-likeness (QED) is 0.176. The second-order valence-electron chi connectivity index (χ2n) is 10.1. The molecule has 0 bridgehead atoms. The number of nitrogens with one attached hydrogen (secondary N) is 2. The summed E-state index contributed by atoms with van der Waals surface area (Å²) in [5, 5.41) is 5.46. The lowest BCUT2D eigenvalue weighted by Gasteiger charge is -2.40. The highest BCUT2D eigenvalue weighted by Crippen LogP contribution is 2.33. The summed E-state index contributed by atoms with van der Waals surface area (Å²) < 4.78 is 18.6. The van der Waals surface area contributed by atoms with Gasteiger partial charge in [-0.05, 0) is 44.1 Å². The maximum Gasteiger partial charge on any atom is 0.408 e. The van der Waals surface area contributed by atoms with Crippen LogP contribution in [-0.2, 0) is 25.7 Å². The minimum Gasteiger partial charge on any atom is -0.445 e. The maximum atomic E-state index is 13.9. The van der Waals surface area contributed by atoms with Gasteiger partial charge >= 0.3 is 6.09 Å². The number of aliphatic imine (C=N–C) groups is 1. The Morgan fingerprint density at radius 3 is 2.49 bits per heavy atom. The van der Waals surface area contributed by atoms with Crippen molar-refractivity contribution in [3.63, 3.8) is 0 Å². The minimum absolute atomic E-state index is 0.0683. The summed E-state index contributed by atoms with van der Waals surface area (Å²) in [6.45, 7) is -0.583. The van der Waals surface area contributed by atoms with Crippen LogP contribution >= 0.6 is 0 Å². The lowest BCUT2D eigenvalue weighted by Crippen LogP contribution is -2.63. The zero-order chi connectivity index (χ0) is 28.3. The number of halogens is 1. The number of carbonyl (C=O) groups excluding carboxylic acids is 4. The van der Waals surface area contributed by atoms with Gasteiger partial charge in [-0.1, -0.05) is 49.6 Å². The number of alkyl carbamates (subject to hydrolysis) is 1. The molecule has 39 heavy (non-hydrogen) atoms. The number of ether oxygens (including phenoxy) is 1. The normalized spacial score (nSPS) is 19.0. The van der Waals surface area contributed by atoms with E-state index in [-0.39, 0.29) is 31.4 Å². The van der Waals surface area contributed by atoms with E-state index in [4.69, 9.17) is 16.2 Å². The average Bonchev–Trinajstić information content (AvgIpc) is 3.43. The first-order valence-electron chi connectivity index (χ1n) is 13.5. The summed E-state index contributed by atoms with van der Waals surface area (Å²) >= 11 is 0. The molecule has 1 saturated carbocycles. The Hall–Kier alpha value is -3.70. The van der Waals surface area contributed by atoms with Crippen molar-refractivity contribution in [2.24, 2.45) is 16.5 Å². The Morgan fingerprint density at radius 2 is 1.82 bits per heavy atom. The number of amides is 3. The molecule has 0 spiro atoms. The van der Waals surface area contributed by atoms with Crippen LogP contribution < -0.4 is 22.1 Å². The van der Waals surface area contributed by atoms with Gasteiger partial charge in [0.15, 0.2) is 11.7 Å². The first kappa shape index (κ1) is 29.9. The van der Waals surface area contributed by atoms with E-state index in [2.05, 4.69) is 15.6 Å². The van der Waals surface area contributed by atoms with Gasteiger partial charge in [0.05, 0.1) is 6.04 Å². The molecule has 1 aliphatic carbocycles. The number of Topliss-reactive ketones (excluding diaryl/α,β-unsaturated/α-hetero) is 1. The molecule has 0 unspecified atom stereocenters. The van der Waals surface area contributed by atoms with Gasteiger partial charge in [-0.2, -0.15) is 0 Å². The summed E-state index contributed by atoms with van der Waals surface area (Å²) in [6.07, 6.45) is 4.12. The van der Waals surface area contributed by atoms with Crippen molar-refractivity contribution >= 4 is 29.7 Å². The molecule has 0 aromatic heterocycles. The molecule has 3 amide bonds. The number of guanidine groups is 1. The van der Waals surface area contributed by atoms with E-state index in [0.717, 1.165) is 24.8 Å².